The summed E-state index contributed by atoms with van der Waals surface area (Å²) < 4.78 is 16.3. The third-order valence-corrected chi connectivity index (χ3v) is 4.63. The van der Waals surface area contributed by atoms with Crippen molar-refractivity contribution in [3.8, 4) is 17.2 Å². The van der Waals surface area contributed by atoms with E-state index in [2.05, 4.69) is 15.1 Å². The Bertz CT molecular complexity index is 633. The maximum absolute atomic E-state index is 5.47. The number of methoxy groups -OCH3 is 3. The van der Waals surface area contributed by atoms with E-state index in [1.807, 2.05) is 24.5 Å². The minimum Gasteiger partial charge on any atom is -0.493 e. The first-order valence-electron chi connectivity index (χ1n) is 8.28. The fourth-order valence-electron chi connectivity index (χ4n) is 3.46. The van der Waals surface area contributed by atoms with E-state index in [1.54, 1.807) is 21.3 Å². The van der Waals surface area contributed by atoms with Crippen LogP contribution in [0.1, 0.15) is 36.4 Å². The van der Waals surface area contributed by atoms with Gasteiger partial charge in [0, 0.05) is 24.3 Å². The highest BCUT2D eigenvalue weighted by atomic mass is 16.5. The van der Waals surface area contributed by atoms with Crippen LogP contribution in [0.15, 0.2) is 24.5 Å². The number of ether oxygens (including phenoxy) is 3. The lowest BCUT2D eigenvalue weighted by atomic mass is 9.96. The van der Waals surface area contributed by atoms with Crippen molar-refractivity contribution in [2.75, 3.05) is 27.9 Å². The van der Waals surface area contributed by atoms with Gasteiger partial charge in [0.05, 0.1) is 27.5 Å². The van der Waals surface area contributed by atoms with Crippen LogP contribution < -0.4 is 14.2 Å². The largest absolute Gasteiger partial charge is 0.493 e. The van der Waals surface area contributed by atoms with Gasteiger partial charge in [0.2, 0.25) is 5.75 Å². The number of H-pyrrole nitrogens is 1. The van der Waals surface area contributed by atoms with Crippen LogP contribution >= 0.6 is 0 Å². The van der Waals surface area contributed by atoms with Gasteiger partial charge in [-0.3, -0.25) is 10.00 Å². The minimum atomic E-state index is 0.400. The molecule has 1 aromatic carbocycles. The molecule has 1 saturated heterocycles. The summed E-state index contributed by atoms with van der Waals surface area (Å²) in [6.45, 7) is 1.92. The molecule has 130 valence electrons. The number of likely N-dealkylation sites (tertiary alicyclic amines) is 1. The molecule has 1 aliphatic heterocycles. The van der Waals surface area contributed by atoms with E-state index >= 15 is 0 Å². The van der Waals surface area contributed by atoms with Crippen LogP contribution in [0.5, 0.6) is 17.2 Å². The molecule has 1 aliphatic rings. The van der Waals surface area contributed by atoms with Crippen molar-refractivity contribution in [2.45, 2.75) is 31.8 Å². The number of aromatic amines is 1. The monoisotopic (exact) mass is 331 g/mol. The fourth-order valence-corrected chi connectivity index (χ4v) is 3.46. The summed E-state index contributed by atoms with van der Waals surface area (Å²) >= 11 is 0. The number of benzene rings is 1. The van der Waals surface area contributed by atoms with Crippen LogP contribution in [0, 0.1) is 0 Å². The first-order valence-corrected chi connectivity index (χ1v) is 8.28. The number of nitrogens with one attached hydrogen (secondary N) is 1. The molecule has 0 spiro atoms. The van der Waals surface area contributed by atoms with Crippen LogP contribution in [0.3, 0.4) is 0 Å². The van der Waals surface area contributed by atoms with E-state index < -0.39 is 0 Å². The Morgan fingerprint density at radius 1 is 1.12 bits per heavy atom. The van der Waals surface area contributed by atoms with Crippen LogP contribution in [0.4, 0.5) is 0 Å². The van der Waals surface area contributed by atoms with Crippen molar-refractivity contribution in [3.05, 3.63) is 35.7 Å². The molecule has 1 aromatic heterocycles. The highest BCUT2D eigenvalue weighted by Crippen LogP contribution is 2.39. The van der Waals surface area contributed by atoms with E-state index in [0.717, 1.165) is 25.1 Å². The summed E-state index contributed by atoms with van der Waals surface area (Å²) in [6, 6.07) is 4.46. The van der Waals surface area contributed by atoms with E-state index in [9.17, 15) is 0 Å². The molecule has 2 heterocycles. The Morgan fingerprint density at radius 2 is 1.88 bits per heavy atom. The van der Waals surface area contributed by atoms with Crippen molar-refractivity contribution in [1.29, 1.82) is 0 Å². The molecule has 2 aromatic rings. The quantitative estimate of drug-likeness (QED) is 0.881. The lowest BCUT2D eigenvalue weighted by Crippen LogP contribution is -2.32. The second-order valence-corrected chi connectivity index (χ2v) is 6.05. The number of piperidine rings is 1. The Balaban J connectivity index is 1.86. The number of aromatic nitrogens is 2. The molecular weight excluding hydrogens is 306 g/mol. The summed E-state index contributed by atoms with van der Waals surface area (Å²) in [5.41, 5.74) is 2.40. The van der Waals surface area contributed by atoms with E-state index in [1.165, 1.54) is 18.4 Å². The highest BCUT2D eigenvalue weighted by molar-refractivity contribution is 5.53. The molecule has 1 unspecified atom stereocenters. The minimum absolute atomic E-state index is 0.400. The molecule has 0 amide bonds. The van der Waals surface area contributed by atoms with Gasteiger partial charge in [-0.15, -0.1) is 0 Å². The van der Waals surface area contributed by atoms with Crippen molar-refractivity contribution in [1.82, 2.24) is 15.1 Å². The predicted octanol–water partition coefficient (Wildman–Crippen LogP) is 3.16. The van der Waals surface area contributed by atoms with Gasteiger partial charge in [-0.05, 0) is 37.1 Å². The zero-order valence-corrected chi connectivity index (χ0v) is 14.5. The average molecular weight is 331 g/mol. The van der Waals surface area contributed by atoms with Crippen LogP contribution in [0.2, 0.25) is 0 Å². The molecule has 1 fully saturated rings. The molecule has 24 heavy (non-hydrogen) atoms. The number of rotatable bonds is 6. The molecule has 6 heteroatoms. The SMILES string of the molecule is COc1cc(CN2CCCCC2c2cn[nH]c2)cc(OC)c1OC. The normalized spacial score (nSPS) is 18.4. The Hall–Kier alpha value is -2.21. The van der Waals surface area contributed by atoms with Gasteiger partial charge >= 0.3 is 0 Å². The van der Waals surface area contributed by atoms with E-state index in [4.69, 9.17) is 14.2 Å². The van der Waals surface area contributed by atoms with E-state index in [-0.39, 0.29) is 0 Å². The molecule has 0 radical (unpaired) electrons. The maximum atomic E-state index is 5.47. The average Bonchev–Trinajstić information content (AvgIpc) is 3.15. The smallest absolute Gasteiger partial charge is 0.203 e. The van der Waals surface area contributed by atoms with Crippen molar-refractivity contribution in [2.24, 2.45) is 0 Å². The molecule has 1 N–H and O–H groups in total. The summed E-state index contributed by atoms with van der Waals surface area (Å²) in [4.78, 5) is 2.50. The van der Waals surface area contributed by atoms with Crippen molar-refractivity contribution in [3.63, 3.8) is 0 Å². The summed E-state index contributed by atoms with van der Waals surface area (Å²) in [7, 11) is 4.92. The molecule has 1 atom stereocenters. The second kappa shape index (κ2) is 7.57. The van der Waals surface area contributed by atoms with Crippen LogP contribution in [-0.2, 0) is 6.54 Å². The third-order valence-electron chi connectivity index (χ3n) is 4.63. The molecule has 0 bridgehead atoms. The predicted molar refractivity (Wildman–Crippen MR) is 91.7 cm³/mol. The van der Waals surface area contributed by atoms with Gasteiger partial charge in [0.1, 0.15) is 0 Å². The topological polar surface area (TPSA) is 59.6 Å². The van der Waals surface area contributed by atoms with Crippen LogP contribution in [0.25, 0.3) is 0 Å². The lowest BCUT2D eigenvalue weighted by Gasteiger charge is -2.35. The second-order valence-electron chi connectivity index (χ2n) is 6.05. The Labute approximate surface area is 142 Å². The lowest BCUT2D eigenvalue weighted by molar-refractivity contribution is 0.140. The van der Waals surface area contributed by atoms with Gasteiger partial charge < -0.3 is 14.2 Å². The van der Waals surface area contributed by atoms with Crippen molar-refractivity contribution >= 4 is 0 Å². The molecule has 6 nitrogen and oxygen atoms in total. The number of nitrogens with zero attached hydrogens (tertiary/aromatic N) is 2. The zero-order valence-electron chi connectivity index (χ0n) is 14.5. The maximum Gasteiger partial charge on any atom is 0.203 e. The Kier molecular flexibility index (Phi) is 5.25. The number of hydrogen-bond donors (Lipinski definition) is 1. The van der Waals surface area contributed by atoms with Gasteiger partial charge in [0.25, 0.3) is 0 Å². The first-order chi connectivity index (χ1) is 11.8. The standard InChI is InChI=1S/C18H25N3O3/c1-22-16-8-13(9-17(23-2)18(16)24-3)12-21-7-5-4-6-15(21)14-10-19-20-11-14/h8-11,15H,4-7,12H2,1-3H3,(H,19,20). The van der Waals surface area contributed by atoms with Gasteiger partial charge in [-0.1, -0.05) is 6.42 Å². The third kappa shape index (κ3) is 3.33. The first kappa shape index (κ1) is 16.6. The number of hydrogen-bond acceptors (Lipinski definition) is 5. The summed E-state index contributed by atoms with van der Waals surface area (Å²) in [5, 5.41) is 7.04. The summed E-state index contributed by atoms with van der Waals surface area (Å²) in [6.07, 6.45) is 7.56. The van der Waals surface area contributed by atoms with Gasteiger partial charge in [0.15, 0.2) is 11.5 Å². The zero-order chi connectivity index (χ0) is 16.9. The molecule has 0 aliphatic carbocycles. The molecule has 3 rings (SSSR count). The highest BCUT2D eigenvalue weighted by Gasteiger charge is 2.25. The Morgan fingerprint density at radius 3 is 2.46 bits per heavy atom. The van der Waals surface area contributed by atoms with Crippen LogP contribution in [-0.4, -0.2) is 43.0 Å². The van der Waals surface area contributed by atoms with E-state index in [0.29, 0.717) is 23.3 Å². The summed E-state index contributed by atoms with van der Waals surface area (Å²) in [5.74, 6) is 2.03. The fraction of sp³-hybridized carbons (Fsp3) is 0.500. The van der Waals surface area contributed by atoms with Gasteiger partial charge in [-0.2, -0.15) is 5.10 Å². The molecular formula is C18H25N3O3. The van der Waals surface area contributed by atoms with Gasteiger partial charge in [-0.25, -0.2) is 0 Å². The van der Waals surface area contributed by atoms with Crippen molar-refractivity contribution < 1.29 is 14.2 Å². The molecule has 0 saturated carbocycles.